The van der Waals surface area contributed by atoms with E-state index in [4.69, 9.17) is 23.7 Å². The average Bonchev–Trinajstić information content (AvgIpc) is 0.771. The summed E-state index contributed by atoms with van der Waals surface area (Å²) < 4.78 is 275. The van der Waals surface area contributed by atoms with Gasteiger partial charge in [0.05, 0.1) is 59.9 Å². The third kappa shape index (κ3) is 29.8. The fraction of sp³-hybridized carbons (Fsp3) is 0.328. The quantitative estimate of drug-likeness (QED) is 0.0193. The van der Waals surface area contributed by atoms with Crippen LogP contribution >= 0.6 is 339 Å². The molecule has 0 amide bonds. The molecule has 0 N–H and O–H groups in total. The topological polar surface area (TPSA) is 438 Å². The zero-order chi connectivity index (χ0) is 86.0. The van der Waals surface area contributed by atoms with E-state index in [1.807, 2.05) is 261 Å². The smallest absolute Gasteiger partial charge is 0.428 e. The summed E-state index contributed by atoms with van der Waals surface area (Å²) in [6, 6.07) is 17.5. The lowest BCUT2D eigenvalue weighted by Gasteiger charge is -2.34. The van der Waals surface area contributed by atoms with Crippen molar-refractivity contribution in [2.24, 2.45) is 29.6 Å². The molecule has 0 spiro atoms. The number of halogens is 23. The van der Waals surface area contributed by atoms with Gasteiger partial charge in [0.2, 0.25) is 17.3 Å². The van der Waals surface area contributed by atoms with Crippen LogP contribution in [0.3, 0.4) is 0 Å². The van der Waals surface area contributed by atoms with Gasteiger partial charge in [-0.25, -0.2) is 43.3 Å². The van der Waals surface area contributed by atoms with Gasteiger partial charge in [-0.15, -0.1) is 0 Å². The van der Waals surface area contributed by atoms with Gasteiger partial charge in [0, 0.05) is 36.1 Å². The number of ether oxygens (including phenoxy) is 6. The molecule has 0 saturated heterocycles. The van der Waals surface area contributed by atoms with Crippen LogP contribution in [0.4, 0.5) is 35.1 Å². The molecule has 112 heavy (non-hydrogen) atoms. The Hall–Kier alpha value is 1.96. The first-order valence-corrected chi connectivity index (χ1v) is 50.7. The predicted octanol–water partition coefficient (Wildman–Crippen LogP) is 15.5. The molecule has 0 aliphatic heterocycles. The van der Waals surface area contributed by atoms with Crippen molar-refractivity contribution in [3.8, 4) is 28.7 Å². The summed E-state index contributed by atoms with van der Waals surface area (Å²) >= 11 is 29.9. The Bertz CT molecular complexity index is 4790. The molecule has 3 atom stereocenters. The highest BCUT2D eigenvalue weighted by Crippen LogP contribution is 2.44. The lowest BCUT2D eigenvalue weighted by atomic mass is 9.72. The summed E-state index contributed by atoms with van der Waals surface area (Å²) in [5.74, 6) is -18.6. The molecule has 0 heterocycles. The summed E-state index contributed by atoms with van der Waals surface area (Å²) in [6.07, 6.45) is -2.93. The zero-order valence-corrected chi connectivity index (χ0v) is 89.2. The van der Waals surface area contributed by atoms with E-state index in [0.29, 0.717) is 40.1 Å². The molecule has 27 nitrogen and oxygen atoms in total. The van der Waals surface area contributed by atoms with Gasteiger partial charge in [0.15, 0.2) is 75.8 Å². The van der Waals surface area contributed by atoms with Crippen molar-refractivity contribution >= 4 is 433 Å². The first-order valence-electron chi connectivity index (χ1n) is 28.9. The van der Waals surface area contributed by atoms with Crippen LogP contribution in [0, 0.1) is 83.1 Å². The summed E-state index contributed by atoms with van der Waals surface area (Å²) in [6.45, 7) is -1.28. The lowest BCUT2D eigenvalue weighted by molar-refractivity contribution is -0.166. The van der Waals surface area contributed by atoms with Gasteiger partial charge in [-0.05, 0) is 444 Å². The van der Waals surface area contributed by atoms with E-state index in [1.165, 1.54) is 0 Å². The fourth-order valence-electron chi connectivity index (χ4n) is 9.05. The predicted molar refractivity (Wildman–Crippen MR) is 495 cm³/mol. The number of ketones is 3. The van der Waals surface area contributed by atoms with Crippen molar-refractivity contribution in [3.05, 3.63) is 114 Å². The van der Waals surface area contributed by atoms with Crippen molar-refractivity contribution in [3.63, 3.8) is 0 Å². The van der Waals surface area contributed by atoms with Gasteiger partial charge >= 0.3 is 56.8 Å². The summed E-state index contributed by atoms with van der Waals surface area (Å²) in [5.41, 5.74) is 0. The largest absolute Gasteiger partial charge is 0.743 e. The molecule has 5 aromatic carbocycles. The highest BCUT2D eigenvalue weighted by atomic mass is 127. The summed E-state index contributed by atoms with van der Waals surface area (Å²) in [7, 11) is -24.8. The molecule has 7 rings (SSSR count). The Kier molecular flexibility index (Phi) is 42.4. The number of benzene rings is 5. The van der Waals surface area contributed by atoms with Crippen molar-refractivity contribution in [2.45, 2.75) is 78.8 Å². The summed E-state index contributed by atoms with van der Waals surface area (Å²) in [4.78, 5) is 108. The molecule has 0 aromatic heterocycles. The number of esters is 6. The highest BCUT2D eigenvalue weighted by Gasteiger charge is 2.56. The van der Waals surface area contributed by atoms with Gasteiger partial charge in [-0.3, -0.25) is 33.6 Å². The second kappa shape index (κ2) is 44.7. The molecule has 2 saturated carbocycles. The maximum atomic E-state index is 14.3. The standard InChI is InChI=1S/C22H14F2I6O8S.C15H13F2I3O6S.C11H7F2I3O6S.C10H5F2I3O7S/c23-22(24,39(34,35)36)19(31)11-2-1-8(20(32)37-17-13(27)4-9(25)5-14(17)28)3-12(11)21(33)38-18-15(29)6-10(26)7-16(18)30;16-15(17,27(23,24)25)13(21)7-1-3-8(4-2-7)14(22)26-12-10(19)5-9(18)6-11(12)20;12-11(13,23(19,20)21)8(17)1-2-9(18)22-10-6(15)3-5(14)4-7(10)16;11-10(12,23(18,19)20)9(17)21-3-7(16)22-8-5(14)1-4(13)2-6(8)15/h4-8,11-12H,1-3H2,(H,34,35,36);5-8H,1-4H2,(H,23,24,25);3-4H,1-2H2,(H,19,20,21);1-2H,3H2,(H,18,19,20)/p-4. The maximum Gasteiger partial charge on any atom is 0.428 e. The molecule has 5 aromatic rings. The molecule has 618 valence electrons. The number of rotatable bonds is 23. The Morgan fingerprint density at radius 3 is 0.920 bits per heavy atom. The monoisotopic (exact) mass is 3350 g/mol. The van der Waals surface area contributed by atoms with Crippen LogP contribution in [0.1, 0.15) is 57.8 Å². The highest BCUT2D eigenvalue weighted by molar-refractivity contribution is 14.1. The zero-order valence-electron chi connectivity index (χ0n) is 53.6. The van der Waals surface area contributed by atoms with E-state index < -0.39 is 177 Å². The third-order valence-electron chi connectivity index (χ3n) is 14.4. The molecule has 54 heteroatoms. The number of hydrogen-bond acceptors (Lipinski definition) is 27. The molecular weight excluding hydrogens is 3310 g/mol. The van der Waals surface area contributed by atoms with Crippen LogP contribution in [0.5, 0.6) is 28.7 Å². The Balaban J connectivity index is 0.000000324. The maximum absolute atomic E-state index is 14.3. The van der Waals surface area contributed by atoms with Crippen LogP contribution in [-0.2, 0) is 88.4 Å². The molecule has 3 unspecified atom stereocenters. The van der Waals surface area contributed by atoms with Crippen molar-refractivity contribution in [1.82, 2.24) is 0 Å². The van der Waals surface area contributed by atoms with Gasteiger partial charge in [-0.1, -0.05) is 0 Å². The first kappa shape index (κ1) is 106. The molecular formula is C58H35F8I15O27S4-4. The molecule has 0 bridgehead atoms. The molecule has 2 aliphatic carbocycles. The van der Waals surface area contributed by atoms with Gasteiger partial charge in [0.25, 0.3) is 0 Å². The Morgan fingerprint density at radius 1 is 0.330 bits per heavy atom. The second-order valence-corrected chi connectivity index (χ2v) is 45.6. The molecule has 2 aliphatic rings. The van der Waals surface area contributed by atoms with Crippen molar-refractivity contribution in [2.75, 3.05) is 6.61 Å². The second-order valence-electron chi connectivity index (χ2n) is 22.1. The lowest BCUT2D eigenvalue weighted by Crippen LogP contribution is -2.48. The van der Waals surface area contributed by atoms with E-state index in [9.17, 15) is 130 Å². The van der Waals surface area contributed by atoms with E-state index >= 15 is 0 Å². The van der Waals surface area contributed by atoms with E-state index in [2.05, 4.69) is 95.1 Å². The van der Waals surface area contributed by atoms with Crippen molar-refractivity contribution in [1.29, 1.82) is 0 Å². The molecule has 0 radical (unpaired) electrons. The van der Waals surface area contributed by atoms with Gasteiger partial charge in [-0.2, -0.15) is 35.1 Å². The summed E-state index contributed by atoms with van der Waals surface area (Å²) in [5, 5.41) is -20.5. The normalized spacial score (nSPS) is 16.9. The minimum atomic E-state index is -6.34. The average molecular weight is 3350 g/mol. The van der Waals surface area contributed by atoms with Crippen molar-refractivity contribution < 1.29 is 159 Å². The Morgan fingerprint density at radius 2 is 0.598 bits per heavy atom. The number of hydrogen-bond donors (Lipinski definition) is 0. The van der Waals surface area contributed by atoms with Gasteiger partial charge < -0.3 is 46.6 Å². The van der Waals surface area contributed by atoms with E-state index in [0.717, 1.165) is 25.0 Å². The molecule has 2 fully saturated rings. The van der Waals surface area contributed by atoms with Crippen LogP contribution < -0.4 is 23.7 Å². The minimum absolute atomic E-state index is 0.0990. The third-order valence-corrected chi connectivity index (χ3v) is 28.8. The number of carbonyl (C=O) groups excluding carboxylic acids is 9. The number of Topliss-reactive ketones (excluding diaryl/α,β-unsaturated/α-hetero) is 3. The number of alkyl halides is 8. The van der Waals surface area contributed by atoms with Gasteiger partial charge in [0.1, 0.15) is 0 Å². The van der Waals surface area contributed by atoms with E-state index in [1.54, 1.807) is 48.5 Å². The SMILES string of the molecule is O=C(CCC(=O)C(F)(F)S(=O)(=O)[O-])Oc1c(I)cc(I)cc1I.O=C(COC(=O)C(F)(F)S(=O)(=O)[O-])Oc1c(I)cc(I)cc1I.O=C(Oc1c(I)cc(I)cc1I)C1CCC(C(=O)C(F)(F)S(=O)(=O)[O-])C(C(=O)Oc2c(I)cc(I)cc2I)C1.O=C(Oc1c(I)cc(I)cc1I)C1CCC(C(=O)C(F)(F)S(=O)(=O)[O-])CC1. The van der Waals surface area contributed by atoms with Crippen LogP contribution in [0.15, 0.2) is 60.7 Å². The first-order chi connectivity index (χ1) is 51.0. The van der Waals surface area contributed by atoms with Crippen LogP contribution in [0.25, 0.3) is 0 Å². The van der Waals surface area contributed by atoms with E-state index in [-0.39, 0.29) is 49.4 Å². The minimum Gasteiger partial charge on any atom is -0.743 e. The number of carbonyl (C=O) groups is 9. The fourth-order valence-corrected chi connectivity index (χ4v) is 29.5. The van der Waals surface area contributed by atoms with Crippen LogP contribution in [0.2, 0.25) is 0 Å². The Labute approximate surface area is 834 Å². The van der Waals surface area contributed by atoms with Crippen LogP contribution in [-0.4, -0.2) is 133 Å².